The molecule has 8 heteroatoms. The summed E-state index contributed by atoms with van der Waals surface area (Å²) in [7, 11) is 1.37. The van der Waals surface area contributed by atoms with Crippen LogP contribution in [0.4, 0.5) is 20.6 Å². The number of hydrogen-bond donors (Lipinski definition) is 0. The zero-order chi connectivity index (χ0) is 20.4. The molecule has 0 aliphatic carbocycles. The summed E-state index contributed by atoms with van der Waals surface area (Å²) in [4.78, 5) is 24.0. The molecule has 0 N–H and O–H groups in total. The molecule has 2 aromatic rings. The quantitative estimate of drug-likeness (QED) is 0.541. The molecular weight excluding hydrogens is 355 g/mol. The molecule has 0 heterocycles. The van der Waals surface area contributed by atoms with Crippen LogP contribution in [0.25, 0.3) is 0 Å². The van der Waals surface area contributed by atoms with Crippen molar-refractivity contribution in [1.82, 2.24) is 0 Å². The minimum Gasteiger partial charge on any atom is -0.457 e. The number of carbonyl (C=O) groups excluding carboxylic acids is 1. The Balaban J connectivity index is 2.38. The predicted octanol–water partition coefficient (Wildman–Crippen LogP) is 5.21. The third-order valence-corrected chi connectivity index (χ3v) is 3.42. The van der Waals surface area contributed by atoms with Crippen molar-refractivity contribution in [3.8, 4) is 11.5 Å². The fraction of sp³-hybridized carbons (Fsp3) is 0.316. The Morgan fingerprint density at radius 1 is 1.15 bits per heavy atom. The Morgan fingerprint density at radius 2 is 1.81 bits per heavy atom. The number of ether oxygens (including phenoxy) is 2. The lowest BCUT2D eigenvalue weighted by molar-refractivity contribution is -0.384. The largest absolute Gasteiger partial charge is 0.457 e. The predicted molar refractivity (Wildman–Crippen MR) is 98.9 cm³/mol. The van der Waals surface area contributed by atoms with Gasteiger partial charge in [0.2, 0.25) is 0 Å². The van der Waals surface area contributed by atoms with E-state index in [0.717, 1.165) is 4.90 Å². The average Bonchev–Trinajstić information content (AvgIpc) is 2.51. The van der Waals surface area contributed by atoms with E-state index in [0.29, 0.717) is 5.56 Å². The number of nitro groups is 1. The van der Waals surface area contributed by atoms with Gasteiger partial charge in [0.25, 0.3) is 5.69 Å². The highest BCUT2D eigenvalue weighted by Gasteiger charge is 2.26. The Morgan fingerprint density at radius 3 is 2.37 bits per heavy atom. The number of rotatable bonds is 4. The second-order valence-corrected chi connectivity index (χ2v) is 7.01. The number of aryl methyl sites for hydroxylation is 1. The summed E-state index contributed by atoms with van der Waals surface area (Å²) >= 11 is 0. The molecule has 0 saturated heterocycles. The van der Waals surface area contributed by atoms with Crippen LogP contribution in [0.1, 0.15) is 26.3 Å². The van der Waals surface area contributed by atoms with Gasteiger partial charge in [0.05, 0.1) is 4.92 Å². The van der Waals surface area contributed by atoms with Crippen LogP contribution >= 0.6 is 0 Å². The van der Waals surface area contributed by atoms with E-state index in [9.17, 15) is 19.3 Å². The monoisotopic (exact) mass is 376 g/mol. The molecule has 2 rings (SSSR count). The van der Waals surface area contributed by atoms with Crippen LogP contribution in [0.5, 0.6) is 11.5 Å². The number of hydrogen-bond acceptors (Lipinski definition) is 5. The molecule has 0 unspecified atom stereocenters. The normalized spacial score (nSPS) is 11.0. The number of nitrogens with zero attached hydrogens (tertiary/aromatic N) is 2. The maximum atomic E-state index is 13.5. The molecular formula is C19H21FN2O5. The number of benzene rings is 2. The van der Waals surface area contributed by atoms with Crippen molar-refractivity contribution in [2.75, 3.05) is 11.9 Å². The minimum atomic E-state index is -0.757. The first-order valence-electron chi connectivity index (χ1n) is 8.16. The van der Waals surface area contributed by atoms with Crippen LogP contribution in [0.15, 0.2) is 36.4 Å². The van der Waals surface area contributed by atoms with Gasteiger partial charge in [0.1, 0.15) is 28.6 Å². The molecule has 0 aliphatic rings. The number of anilines is 1. The Bertz CT molecular complexity index is 857. The fourth-order valence-electron chi connectivity index (χ4n) is 2.32. The molecule has 0 aliphatic heterocycles. The first-order chi connectivity index (χ1) is 12.5. The van der Waals surface area contributed by atoms with E-state index >= 15 is 0 Å². The number of halogens is 1. The zero-order valence-electron chi connectivity index (χ0n) is 15.8. The third-order valence-electron chi connectivity index (χ3n) is 3.42. The van der Waals surface area contributed by atoms with Gasteiger partial charge in [-0.1, -0.05) is 0 Å². The smallest absolute Gasteiger partial charge is 0.414 e. The molecule has 0 saturated carbocycles. The second-order valence-electron chi connectivity index (χ2n) is 7.01. The van der Waals surface area contributed by atoms with Crippen molar-refractivity contribution in [1.29, 1.82) is 0 Å². The van der Waals surface area contributed by atoms with Crippen molar-refractivity contribution in [2.24, 2.45) is 0 Å². The molecule has 0 aromatic heterocycles. The van der Waals surface area contributed by atoms with Gasteiger partial charge < -0.3 is 9.47 Å². The summed E-state index contributed by atoms with van der Waals surface area (Å²) < 4.78 is 24.4. The molecule has 7 nitrogen and oxygen atoms in total. The highest BCUT2D eigenvalue weighted by Crippen LogP contribution is 2.34. The summed E-state index contributed by atoms with van der Waals surface area (Å²) in [5.41, 5.74) is -0.378. The molecule has 1 amide bonds. The molecule has 144 valence electrons. The average molecular weight is 376 g/mol. The summed E-state index contributed by atoms with van der Waals surface area (Å²) in [6.45, 7) is 6.80. The highest BCUT2D eigenvalue weighted by molar-refractivity contribution is 5.90. The molecule has 0 radical (unpaired) electrons. The zero-order valence-corrected chi connectivity index (χ0v) is 15.8. The summed E-state index contributed by atoms with van der Waals surface area (Å²) in [5, 5.41) is 11.3. The van der Waals surface area contributed by atoms with Gasteiger partial charge in [-0.3, -0.25) is 15.0 Å². The summed E-state index contributed by atoms with van der Waals surface area (Å²) in [6.07, 6.45) is -0.746. The van der Waals surface area contributed by atoms with E-state index in [1.807, 2.05) is 0 Å². The van der Waals surface area contributed by atoms with E-state index in [2.05, 4.69) is 0 Å². The van der Waals surface area contributed by atoms with Crippen molar-refractivity contribution >= 4 is 17.5 Å². The summed E-state index contributed by atoms with van der Waals surface area (Å²) in [5.74, 6) is 0.00115. The number of nitro benzene ring substituents is 1. The Labute approximate surface area is 156 Å². The van der Waals surface area contributed by atoms with Gasteiger partial charge in [-0.25, -0.2) is 9.18 Å². The van der Waals surface area contributed by atoms with E-state index in [1.165, 1.54) is 37.4 Å². The van der Waals surface area contributed by atoms with Crippen LogP contribution in [0, 0.1) is 22.9 Å². The molecule has 27 heavy (non-hydrogen) atoms. The van der Waals surface area contributed by atoms with Gasteiger partial charge in [-0.05, 0) is 51.5 Å². The molecule has 0 fully saturated rings. The van der Waals surface area contributed by atoms with Crippen LogP contribution in [0.2, 0.25) is 0 Å². The fourth-order valence-corrected chi connectivity index (χ4v) is 2.32. The van der Waals surface area contributed by atoms with E-state index < -0.39 is 22.4 Å². The summed E-state index contributed by atoms with van der Waals surface area (Å²) in [6, 6.07) is 8.11. The second kappa shape index (κ2) is 7.61. The lowest BCUT2D eigenvalue weighted by Gasteiger charge is -2.24. The van der Waals surface area contributed by atoms with Gasteiger partial charge in [0, 0.05) is 25.2 Å². The van der Waals surface area contributed by atoms with Crippen LogP contribution < -0.4 is 9.64 Å². The van der Waals surface area contributed by atoms with Crippen molar-refractivity contribution in [3.05, 3.63) is 57.9 Å². The topological polar surface area (TPSA) is 81.9 Å². The van der Waals surface area contributed by atoms with Crippen molar-refractivity contribution in [2.45, 2.75) is 33.3 Å². The third kappa shape index (κ3) is 5.40. The van der Waals surface area contributed by atoms with Crippen LogP contribution in [-0.2, 0) is 4.74 Å². The van der Waals surface area contributed by atoms with Gasteiger partial charge in [-0.2, -0.15) is 0 Å². The standard InChI is InChI=1S/C19H21FN2O5/c1-12-8-13(20)10-15(9-12)26-14-6-7-16(22(24)25)17(11-14)21(5)18(23)27-19(2,3)4/h6-11H,1-5H3. The number of amides is 1. The SMILES string of the molecule is Cc1cc(F)cc(Oc2ccc([N+](=O)[O-])c(N(C)C(=O)OC(C)(C)C)c2)c1. The Hall–Kier alpha value is -3.16. The lowest BCUT2D eigenvalue weighted by atomic mass is 10.2. The van der Waals surface area contributed by atoms with Gasteiger partial charge in [-0.15, -0.1) is 0 Å². The van der Waals surface area contributed by atoms with Crippen molar-refractivity contribution < 1.29 is 23.6 Å². The molecule has 2 aromatic carbocycles. The van der Waals surface area contributed by atoms with E-state index in [1.54, 1.807) is 33.8 Å². The lowest BCUT2D eigenvalue weighted by Crippen LogP contribution is -2.34. The molecule has 0 atom stereocenters. The first kappa shape index (κ1) is 20.2. The van der Waals surface area contributed by atoms with E-state index in [-0.39, 0.29) is 22.9 Å². The molecule has 0 bridgehead atoms. The Kier molecular flexibility index (Phi) is 5.68. The van der Waals surface area contributed by atoms with Gasteiger partial charge >= 0.3 is 6.09 Å². The maximum Gasteiger partial charge on any atom is 0.414 e. The maximum absolute atomic E-state index is 13.5. The van der Waals surface area contributed by atoms with E-state index in [4.69, 9.17) is 9.47 Å². The van der Waals surface area contributed by atoms with Crippen LogP contribution in [-0.4, -0.2) is 23.7 Å². The molecule has 0 spiro atoms. The first-order valence-corrected chi connectivity index (χ1v) is 8.16. The number of carbonyl (C=O) groups is 1. The van der Waals surface area contributed by atoms with Crippen molar-refractivity contribution in [3.63, 3.8) is 0 Å². The van der Waals surface area contributed by atoms with Crippen LogP contribution in [0.3, 0.4) is 0 Å². The highest BCUT2D eigenvalue weighted by atomic mass is 19.1. The van der Waals surface area contributed by atoms with Gasteiger partial charge in [0.15, 0.2) is 0 Å². The minimum absolute atomic E-state index is 0.000116.